The van der Waals surface area contributed by atoms with E-state index in [9.17, 15) is 9.59 Å². The van der Waals surface area contributed by atoms with Gasteiger partial charge in [0, 0.05) is 23.8 Å². The lowest BCUT2D eigenvalue weighted by molar-refractivity contribution is -0.118. The number of amides is 2. The van der Waals surface area contributed by atoms with E-state index in [-0.39, 0.29) is 17.7 Å². The zero-order chi connectivity index (χ0) is 22.2. The monoisotopic (exact) mass is 421 g/mol. The van der Waals surface area contributed by atoms with Crippen LogP contribution in [0.4, 0.5) is 5.69 Å². The van der Waals surface area contributed by atoms with Crippen molar-refractivity contribution < 1.29 is 9.59 Å². The summed E-state index contributed by atoms with van der Waals surface area (Å²) in [6.07, 6.45) is 6.41. The van der Waals surface area contributed by atoms with E-state index in [2.05, 4.69) is 28.6 Å². The van der Waals surface area contributed by atoms with Crippen LogP contribution in [0.1, 0.15) is 61.9 Å². The number of rotatable bonds is 8. The molecule has 5 heteroatoms. The van der Waals surface area contributed by atoms with Crippen LogP contribution in [0.5, 0.6) is 0 Å². The number of carbonyl (C=O) groups excluding carboxylic acids is 2. The molecule has 0 saturated heterocycles. The molecule has 2 amide bonds. The smallest absolute Gasteiger partial charge is 0.251 e. The van der Waals surface area contributed by atoms with Crippen molar-refractivity contribution in [3.8, 4) is 0 Å². The third-order valence-electron chi connectivity index (χ3n) is 6.16. The lowest BCUT2D eigenvalue weighted by atomic mass is 9.94. The predicted octanol–water partition coefficient (Wildman–Crippen LogP) is 4.84. The first-order chi connectivity index (χ1) is 15.0. The van der Waals surface area contributed by atoms with Gasteiger partial charge in [0.05, 0.1) is 0 Å². The van der Waals surface area contributed by atoms with Crippen LogP contribution < -0.4 is 10.6 Å². The molecule has 2 aromatic rings. The molecular weight excluding hydrogens is 386 g/mol. The molecule has 1 aliphatic rings. The summed E-state index contributed by atoms with van der Waals surface area (Å²) in [6.45, 7) is 4.68. The van der Waals surface area contributed by atoms with Crippen LogP contribution in [0.2, 0.25) is 0 Å². The summed E-state index contributed by atoms with van der Waals surface area (Å²) in [5.41, 5.74) is 2.46. The molecule has 1 saturated carbocycles. The van der Waals surface area contributed by atoms with Gasteiger partial charge in [-0.1, -0.05) is 69.5 Å². The Morgan fingerprint density at radius 2 is 1.61 bits per heavy atom. The molecule has 0 radical (unpaired) electrons. The predicted molar refractivity (Wildman–Crippen MR) is 126 cm³/mol. The van der Waals surface area contributed by atoms with Crippen molar-refractivity contribution >= 4 is 17.5 Å². The molecule has 0 spiro atoms. The number of anilines is 1. The van der Waals surface area contributed by atoms with Gasteiger partial charge in [-0.15, -0.1) is 0 Å². The van der Waals surface area contributed by atoms with Crippen LogP contribution in [-0.2, 0) is 11.3 Å². The molecule has 31 heavy (non-hydrogen) atoms. The van der Waals surface area contributed by atoms with Crippen molar-refractivity contribution in [2.45, 2.75) is 64.6 Å². The van der Waals surface area contributed by atoms with Crippen molar-refractivity contribution in [1.82, 2.24) is 10.2 Å². The molecule has 0 aromatic heterocycles. The van der Waals surface area contributed by atoms with Gasteiger partial charge in [-0.25, -0.2) is 0 Å². The van der Waals surface area contributed by atoms with Crippen LogP contribution >= 0.6 is 0 Å². The topological polar surface area (TPSA) is 61.4 Å². The van der Waals surface area contributed by atoms with E-state index in [1.54, 1.807) is 12.1 Å². The average Bonchev–Trinajstić information content (AvgIpc) is 2.79. The zero-order valence-corrected chi connectivity index (χ0v) is 18.9. The number of benzene rings is 2. The molecule has 2 aromatic carbocycles. The summed E-state index contributed by atoms with van der Waals surface area (Å²) >= 11 is 0. The molecule has 1 unspecified atom stereocenters. The quantitative estimate of drug-likeness (QED) is 0.641. The average molecular weight is 422 g/mol. The summed E-state index contributed by atoms with van der Waals surface area (Å²) in [5, 5.41) is 5.98. The largest absolute Gasteiger partial charge is 0.340 e. The number of hydrogen-bond donors (Lipinski definition) is 2. The van der Waals surface area contributed by atoms with Gasteiger partial charge in [0.1, 0.15) is 6.04 Å². The Bertz CT molecular complexity index is 860. The second-order valence-corrected chi connectivity index (χ2v) is 8.91. The van der Waals surface area contributed by atoms with Crippen molar-refractivity contribution in [3.63, 3.8) is 0 Å². The first-order valence-electron chi connectivity index (χ1n) is 11.4. The Hall–Kier alpha value is -2.66. The molecule has 1 aliphatic carbocycles. The third kappa shape index (κ3) is 6.41. The second kappa shape index (κ2) is 11.1. The first kappa shape index (κ1) is 23.0. The van der Waals surface area contributed by atoms with Crippen LogP contribution in [0.15, 0.2) is 54.6 Å². The zero-order valence-electron chi connectivity index (χ0n) is 18.9. The minimum atomic E-state index is -0.614. The number of para-hydroxylation sites is 1. The Morgan fingerprint density at radius 1 is 0.968 bits per heavy atom. The highest BCUT2D eigenvalue weighted by molar-refractivity contribution is 6.01. The van der Waals surface area contributed by atoms with Crippen LogP contribution in [-0.4, -0.2) is 35.8 Å². The molecule has 166 valence electrons. The summed E-state index contributed by atoms with van der Waals surface area (Å²) in [6, 6.07) is 17.0. The third-order valence-corrected chi connectivity index (χ3v) is 6.16. The molecule has 0 aliphatic heterocycles. The minimum Gasteiger partial charge on any atom is -0.340 e. The van der Waals surface area contributed by atoms with Gasteiger partial charge >= 0.3 is 0 Å². The van der Waals surface area contributed by atoms with Gasteiger partial charge in [-0.05, 0) is 49.6 Å². The van der Waals surface area contributed by atoms with E-state index >= 15 is 0 Å². The lowest BCUT2D eigenvalue weighted by Crippen LogP contribution is -2.47. The number of nitrogens with zero attached hydrogens (tertiary/aromatic N) is 1. The maximum absolute atomic E-state index is 13.1. The van der Waals surface area contributed by atoms with Crippen molar-refractivity contribution in [3.05, 3.63) is 65.7 Å². The van der Waals surface area contributed by atoms with Gasteiger partial charge in [0.15, 0.2) is 0 Å². The SMILES string of the molecule is CC(C)C(NC(=O)c1ccccc1)C(=O)Nc1ccccc1CN(C)C1CCCCC1. The van der Waals surface area contributed by atoms with Crippen LogP contribution in [0.25, 0.3) is 0 Å². The van der Waals surface area contributed by atoms with E-state index in [4.69, 9.17) is 0 Å². The highest BCUT2D eigenvalue weighted by Crippen LogP contribution is 2.25. The maximum atomic E-state index is 13.1. The van der Waals surface area contributed by atoms with E-state index in [1.807, 2.05) is 50.2 Å². The van der Waals surface area contributed by atoms with Crippen molar-refractivity contribution in [2.24, 2.45) is 5.92 Å². The highest BCUT2D eigenvalue weighted by Gasteiger charge is 2.26. The number of nitrogens with one attached hydrogen (secondary N) is 2. The summed E-state index contributed by atoms with van der Waals surface area (Å²) in [7, 11) is 2.17. The molecule has 0 bridgehead atoms. The first-order valence-corrected chi connectivity index (χ1v) is 11.4. The molecule has 1 atom stereocenters. The lowest BCUT2D eigenvalue weighted by Gasteiger charge is -2.31. The van der Waals surface area contributed by atoms with Gasteiger partial charge < -0.3 is 10.6 Å². The number of carbonyl (C=O) groups is 2. The fourth-order valence-electron chi connectivity index (χ4n) is 4.26. The minimum absolute atomic E-state index is 0.0373. The molecule has 5 nitrogen and oxygen atoms in total. The van der Waals surface area contributed by atoms with E-state index in [0.29, 0.717) is 11.6 Å². The molecule has 3 rings (SSSR count). The standard InChI is InChI=1S/C26H35N3O2/c1-19(2)24(28-25(30)20-12-6-4-7-13-20)26(31)27-23-17-11-10-14-21(23)18-29(3)22-15-8-5-9-16-22/h4,6-7,10-14,17,19,22,24H,5,8-9,15-16,18H2,1-3H3,(H,27,31)(H,28,30). The Balaban J connectivity index is 1.68. The maximum Gasteiger partial charge on any atom is 0.251 e. The summed E-state index contributed by atoms with van der Waals surface area (Å²) in [4.78, 5) is 28.1. The van der Waals surface area contributed by atoms with Crippen LogP contribution in [0, 0.1) is 5.92 Å². The Morgan fingerprint density at radius 3 is 2.29 bits per heavy atom. The van der Waals surface area contributed by atoms with Crippen molar-refractivity contribution in [1.29, 1.82) is 0 Å². The fourth-order valence-corrected chi connectivity index (χ4v) is 4.26. The van der Waals surface area contributed by atoms with Gasteiger partial charge in [-0.3, -0.25) is 14.5 Å². The van der Waals surface area contributed by atoms with Gasteiger partial charge in [0.25, 0.3) is 5.91 Å². The normalized spacial score (nSPS) is 15.6. The molecular formula is C26H35N3O2. The Kier molecular flexibility index (Phi) is 8.24. The van der Waals surface area contributed by atoms with Crippen molar-refractivity contribution in [2.75, 3.05) is 12.4 Å². The van der Waals surface area contributed by atoms with Crippen LogP contribution in [0.3, 0.4) is 0 Å². The van der Waals surface area contributed by atoms with E-state index < -0.39 is 6.04 Å². The van der Waals surface area contributed by atoms with E-state index in [1.165, 1.54) is 32.1 Å². The van der Waals surface area contributed by atoms with Gasteiger partial charge in [0.2, 0.25) is 5.91 Å². The van der Waals surface area contributed by atoms with Gasteiger partial charge in [-0.2, -0.15) is 0 Å². The fraction of sp³-hybridized carbons (Fsp3) is 0.462. The summed E-state index contributed by atoms with van der Waals surface area (Å²) < 4.78 is 0. The molecule has 1 fully saturated rings. The Labute approximate surface area is 186 Å². The summed E-state index contributed by atoms with van der Waals surface area (Å²) in [5.74, 6) is -0.462. The number of hydrogen-bond acceptors (Lipinski definition) is 3. The molecule has 2 N–H and O–H groups in total. The van der Waals surface area contributed by atoms with E-state index in [0.717, 1.165) is 17.8 Å². The highest BCUT2D eigenvalue weighted by atomic mass is 16.2. The molecule has 0 heterocycles. The second-order valence-electron chi connectivity index (χ2n) is 8.91.